The normalized spacial score (nSPS) is 11.7. The van der Waals surface area contributed by atoms with Gasteiger partial charge in [0.2, 0.25) is 0 Å². The Kier molecular flexibility index (Phi) is 2.48. The summed E-state index contributed by atoms with van der Waals surface area (Å²) >= 11 is 0. The Bertz CT molecular complexity index is 261. The number of aryl methyl sites for hydroxylation is 1. The summed E-state index contributed by atoms with van der Waals surface area (Å²) < 4.78 is 0.928. The highest BCUT2D eigenvalue weighted by atomic mass is 15.3. The molecule has 1 aromatic rings. The second-order valence-electron chi connectivity index (χ2n) is 4.22. The van der Waals surface area contributed by atoms with Crippen molar-refractivity contribution in [2.45, 2.75) is 13.5 Å². The van der Waals surface area contributed by atoms with Gasteiger partial charge in [0, 0.05) is 6.20 Å². The summed E-state index contributed by atoms with van der Waals surface area (Å²) in [6.45, 7) is 3.10. The van der Waals surface area contributed by atoms with Gasteiger partial charge in [0.1, 0.15) is 6.54 Å². The largest absolute Gasteiger partial charge is 0.326 e. The van der Waals surface area contributed by atoms with E-state index in [1.165, 1.54) is 11.3 Å². The highest BCUT2D eigenvalue weighted by Gasteiger charge is 2.10. The Balaban J connectivity index is 2.83. The molecule has 0 unspecified atom stereocenters. The predicted molar refractivity (Wildman–Crippen MR) is 50.7 cm³/mol. The van der Waals surface area contributed by atoms with E-state index < -0.39 is 0 Å². The summed E-state index contributed by atoms with van der Waals surface area (Å²) in [5.74, 6) is 0. The van der Waals surface area contributed by atoms with E-state index >= 15 is 0 Å². The first kappa shape index (κ1) is 9.20. The Morgan fingerprint density at radius 3 is 2.50 bits per heavy atom. The van der Waals surface area contributed by atoms with Crippen LogP contribution in [0.15, 0.2) is 18.3 Å². The topological polar surface area (TPSA) is 12.9 Å². The molecule has 66 valence electrons. The molecule has 0 fully saturated rings. The Hall–Kier alpha value is -0.890. The number of nitrogens with zero attached hydrogens (tertiary/aromatic N) is 2. The van der Waals surface area contributed by atoms with Crippen LogP contribution >= 0.6 is 0 Å². The fourth-order valence-electron chi connectivity index (χ4n) is 1.13. The molecule has 0 radical (unpaired) electrons. The maximum atomic E-state index is 4.35. The van der Waals surface area contributed by atoms with Crippen LogP contribution in [0.3, 0.4) is 0 Å². The van der Waals surface area contributed by atoms with Crippen molar-refractivity contribution in [2.24, 2.45) is 0 Å². The first-order valence-corrected chi connectivity index (χ1v) is 4.20. The molecule has 0 amide bonds. The summed E-state index contributed by atoms with van der Waals surface area (Å²) in [7, 11) is 6.52. The smallest absolute Gasteiger partial charge is 0.121 e. The SMILES string of the molecule is Cc1cccnc1C[N+](C)(C)C. The molecule has 1 aromatic heterocycles. The van der Waals surface area contributed by atoms with E-state index in [0.717, 1.165) is 11.0 Å². The van der Waals surface area contributed by atoms with Gasteiger partial charge in [0.15, 0.2) is 0 Å². The molecular formula is C10H17N2+. The molecule has 0 bridgehead atoms. The number of aromatic nitrogens is 1. The van der Waals surface area contributed by atoms with Crippen molar-refractivity contribution in [3.63, 3.8) is 0 Å². The number of hydrogen-bond donors (Lipinski definition) is 0. The van der Waals surface area contributed by atoms with Crippen molar-refractivity contribution in [3.8, 4) is 0 Å². The summed E-state index contributed by atoms with van der Waals surface area (Å²) in [4.78, 5) is 4.35. The van der Waals surface area contributed by atoms with Crippen LogP contribution in [-0.4, -0.2) is 30.6 Å². The molecule has 2 heteroatoms. The third-order valence-corrected chi connectivity index (χ3v) is 1.74. The Labute approximate surface area is 74.4 Å². The van der Waals surface area contributed by atoms with Crippen LogP contribution in [0.5, 0.6) is 0 Å². The summed E-state index contributed by atoms with van der Waals surface area (Å²) in [6, 6.07) is 4.09. The molecule has 0 saturated carbocycles. The lowest BCUT2D eigenvalue weighted by molar-refractivity contribution is -0.884. The zero-order valence-electron chi connectivity index (χ0n) is 8.33. The molecule has 0 aliphatic carbocycles. The molecule has 12 heavy (non-hydrogen) atoms. The lowest BCUT2D eigenvalue weighted by Crippen LogP contribution is -2.34. The molecule has 0 N–H and O–H groups in total. The van der Waals surface area contributed by atoms with Gasteiger partial charge >= 0.3 is 0 Å². The van der Waals surface area contributed by atoms with Gasteiger partial charge in [-0.2, -0.15) is 0 Å². The molecular weight excluding hydrogens is 148 g/mol. The lowest BCUT2D eigenvalue weighted by Gasteiger charge is -2.23. The van der Waals surface area contributed by atoms with E-state index in [1.807, 2.05) is 12.3 Å². The van der Waals surface area contributed by atoms with Gasteiger partial charge < -0.3 is 4.48 Å². The molecule has 1 heterocycles. The second kappa shape index (κ2) is 3.23. The Morgan fingerprint density at radius 1 is 1.33 bits per heavy atom. The highest BCUT2D eigenvalue weighted by Crippen LogP contribution is 2.08. The van der Waals surface area contributed by atoms with Crippen LogP contribution in [0, 0.1) is 6.92 Å². The van der Waals surface area contributed by atoms with Gasteiger partial charge in [-0.1, -0.05) is 6.07 Å². The minimum Gasteiger partial charge on any atom is -0.326 e. The van der Waals surface area contributed by atoms with Crippen LogP contribution in [0.25, 0.3) is 0 Å². The first-order valence-electron chi connectivity index (χ1n) is 4.20. The quantitative estimate of drug-likeness (QED) is 0.606. The van der Waals surface area contributed by atoms with Crippen molar-refractivity contribution in [2.75, 3.05) is 21.1 Å². The van der Waals surface area contributed by atoms with Gasteiger partial charge in [-0.05, 0) is 18.6 Å². The molecule has 0 saturated heterocycles. The third kappa shape index (κ3) is 2.62. The fraction of sp³-hybridized carbons (Fsp3) is 0.500. The Morgan fingerprint density at radius 2 is 2.00 bits per heavy atom. The van der Waals surface area contributed by atoms with E-state index in [2.05, 4.69) is 39.1 Å². The average molecular weight is 165 g/mol. The van der Waals surface area contributed by atoms with Gasteiger partial charge in [-0.3, -0.25) is 4.98 Å². The zero-order valence-corrected chi connectivity index (χ0v) is 8.33. The van der Waals surface area contributed by atoms with Crippen LogP contribution in [0.4, 0.5) is 0 Å². The maximum Gasteiger partial charge on any atom is 0.121 e. The molecule has 1 rings (SSSR count). The molecule has 0 spiro atoms. The van der Waals surface area contributed by atoms with Crippen LogP contribution in [-0.2, 0) is 6.54 Å². The number of pyridine rings is 1. The van der Waals surface area contributed by atoms with E-state index in [4.69, 9.17) is 0 Å². The highest BCUT2D eigenvalue weighted by molar-refractivity contribution is 5.16. The summed E-state index contributed by atoms with van der Waals surface area (Å²) in [6.07, 6.45) is 1.86. The first-order chi connectivity index (χ1) is 5.49. The molecule has 2 nitrogen and oxygen atoms in total. The van der Waals surface area contributed by atoms with Crippen molar-refractivity contribution in [1.29, 1.82) is 0 Å². The molecule has 0 atom stereocenters. The van der Waals surface area contributed by atoms with Crippen molar-refractivity contribution >= 4 is 0 Å². The predicted octanol–water partition coefficient (Wildman–Crippen LogP) is 1.60. The number of hydrogen-bond acceptors (Lipinski definition) is 1. The standard InChI is InChI=1S/C10H17N2/c1-9-6-5-7-11-10(9)8-12(2,3)4/h5-7H,8H2,1-4H3/q+1. The average Bonchev–Trinajstić information content (AvgIpc) is 1.91. The summed E-state index contributed by atoms with van der Waals surface area (Å²) in [5, 5.41) is 0. The number of rotatable bonds is 2. The van der Waals surface area contributed by atoms with Gasteiger partial charge in [-0.25, -0.2) is 0 Å². The van der Waals surface area contributed by atoms with Gasteiger partial charge in [0.25, 0.3) is 0 Å². The van der Waals surface area contributed by atoms with E-state index in [1.54, 1.807) is 0 Å². The second-order valence-corrected chi connectivity index (χ2v) is 4.22. The fourth-order valence-corrected chi connectivity index (χ4v) is 1.13. The summed E-state index contributed by atoms with van der Waals surface area (Å²) in [5.41, 5.74) is 2.48. The minimum absolute atomic E-state index is 0.928. The van der Waals surface area contributed by atoms with E-state index in [-0.39, 0.29) is 0 Å². The van der Waals surface area contributed by atoms with E-state index in [9.17, 15) is 0 Å². The minimum atomic E-state index is 0.928. The third-order valence-electron chi connectivity index (χ3n) is 1.74. The molecule has 0 aliphatic rings. The van der Waals surface area contributed by atoms with Crippen molar-refractivity contribution in [3.05, 3.63) is 29.6 Å². The van der Waals surface area contributed by atoms with E-state index in [0.29, 0.717) is 0 Å². The lowest BCUT2D eigenvalue weighted by atomic mass is 10.2. The number of quaternary nitrogens is 1. The molecule has 0 aliphatic heterocycles. The maximum absolute atomic E-state index is 4.35. The van der Waals surface area contributed by atoms with Crippen LogP contribution in [0.1, 0.15) is 11.3 Å². The zero-order chi connectivity index (χ0) is 9.19. The monoisotopic (exact) mass is 165 g/mol. The molecule has 0 aromatic carbocycles. The van der Waals surface area contributed by atoms with Crippen molar-refractivity contribution in [1.82, 2.24) is 4.98 Å². The van der Waals surface area contributed by atoms with Gasteiger partial charge in [0.05, 0.1) is 26.8 Å². The van der Waals surface area contributed by atoms with Crippen LogP contribution in [0.2, 0.25) is 0 Å². The van der Waals surface area contributed by atoms with Crippen molar-refractivity contribution < 1.29 is 4.48 Å². The van der Waals surface area contributed by atoms with Gasteiger partial charge in [-0.15, -0.1) is 0 Å². The van der Waals surface area contributed by atoms with Crippen LogP contribution < -0.4 is 0 Å².